The summed E-state index contributed by atoms with van der Waals surface area (Å²) in [4.78, 5) is 14.9. The molecule has 114 valence electrons. The molecule has 1 unspecified atom stereocenters. The van der Waals surface area contributed by atoms with Crippen molar-refractivity contribution < 1.29 is 10.0 Å². The number of hydrogen-bond donors (Lipinski definition) is 2. The molecule has 2 N–H and O–H groups in total. The summed E-state index contributed by atoms with van der Waals surface area (Å²) in [5, 5.41) is 24.4. The number of aliphatic hydroxyl groups is 1. The molecule has 21 heavy (non-hydrogen) atoms. The average molecular weight is 309 g/mol. The number of nitro benzene ring substituents is 1. The zero-order chi connectivity index (χ0) is 15.4. The van der Waals surface area contributed by atoms with Gasteiger partial charge in [0.25, 0.3) is 0 Å². The second-order valence-electron chi connectivity index (χ2n) is 4.94. The molecule has 0 aliphatic carbocycles. The van der Waals surface area contributed by atoms with Crippen molar-refractivity contribution in [3.05, 3.63) is 27.8 Å². The van der Waals surface area contributed by atoms with Gasteiger partial charge in [0.05, 0.1) is 21.2 Å². The average Bonchev–Trinajstić information content (AvgIpc) is 2.93. The molecule has 0 aliphatic heterocycles. The van der Waals surface area contributed by atoms with Gasteiger partial charge in [0.1, 0.15) is 5.69 Å². The Labute approximate surface area is 127 Å². The first-order valence-corrected chi connectivity index (χ1v) is 7.88. The number of aromatic nitrogens is 1. The number of anilines is 1. The maximum absolute atomic E-state index is 11.3. The quantitative estimate of drug-likeness (QED) is 0.604. The molecule has 6 nitrogen and oxygen atoms in total. The third kappa shape index (κ3) is 3.30. The van der Waals surface area contributed by atoms with E-state index in [9.17, 15) is 15.2 Å². The highest BCUT2D eigenvalue weighted by molar-refractivity contribution is 7.16. The Morgan fingerprint density at radius 2 is 2.14 bits per heavy atom. The molecular weight excluding hydrogens is 290 g/mol. The van der Waals surface area contributed by atoms with E-state index in [1.54, 1.807) is 11.6 Å². The Balaban J connectivity index is 2.22. The number of nitrogens with zero attached hydrogens (tertiary/aromatic N) is 2. The normalized spacial score (nSPS) is 12.8. The maximum Gasteiger partial charge on any atom is 0.319 e. The largest absolute Gasteiger partial charge is 0.391 e. The molecule has 0 fully saturated rings. The van der Waals surface area contributed by atoms with Gasteiger partial charge in [-0.15, -0.1) is 11.3 Å². The molecule has 0 aliphatic rings. The minimum Gasteiger partial charge on any atom is -0.391 e. The predicted molar refractivity (Wildman–Crippen MR) is 84.8 cm³/mol. The van der Waals surface area contributed by atoms with Gasteiger partial charge in [0, 0.05) is 6.54 Å². The SMILES string of the molecule is CCC(CC)C(O)CNc1ccc2scnc2c1[N+](=O)[O-]. The van der Waals surface area contributed by atoms with Gasteiger partial charge in [-0.1, -0.05) is 26.7 Å². The van der Waals surface area contributed by atoms with Crippen LogP contribution in [0.1, 0.15) is 26.7 Å². The number of rotatable bonds is 7. The highest BCUT2D eigenvalue weighted by Gasteiger charge is 2.22. The molecule has 7 heteroatoms. The molecule has 2 rings (SSSR count). The van der Waals surface area contributed by atoms with Crippen LogP contribution in [0, 0.1) is 16.0 Å². The van der Waals surface area contributed by atoms with Gasteiger partial charge in [-0.05, 0) is 18.1 Å². The monoisotopic (exact) mass is 309 g/mol. The van der Waals surface area contributed by atoms with E-state index in [2.05, 4.69) is 10.3 Å². The van der Waals surface area contributed by atoms with Crippen molar-refractivity contribution in [2.45, 2.75) is 32.8 Å². The molecule has 2 aromatic rings. The van der Waals surface area contributed by atoms with Gasteiger partial charge in [-0.25, -0.2) is 4.98 Å². The Bertz CT molecular complexity index is 625. The minimum absolute atomic E-state index is 0.0227. The lowest BCUT2D eigenvalue weighted by atomic mass is 9.96. The van der Waals surface area contributed by atoms with Gasteiger partial charge < -0.3 is 10.4 Å². The molecule has 0 radical (unpaired) electrons. The summed E-state index contributed by atoms with van der Waals surface area (Å²) in [6.45, 7) is 4.35. The van der Waals surface area contributed by atoms with Crippen LogP contribution in [-0.2, 0) is 0 Å². The Morgan fingerprint density at radius 1 is 1.43 bits per heavy atom. The van der Waals surface area contributed by atoms with Gasteiger partial charge >= 0.3 is 5.69 Å². The van der Waals surface area contributed by atoms with Crippen molar-refractivity contribution in [3.63, 3.8) is 0 Å². The van der Waals surface area contributed by atoms with Crippen molar-refractivity contribution in [1.82, 2.24) is 4.98 Å². The van der Waals surface area contributed by atoms with Crippen molar-refractivity contribution in [3.8, 4) is 0 Å². The van der Waals surface area contributed by atoms with Crippen molar-refractivity contribution in [2.75, 3.05) is 11.9 Å². The lowest BCUT2D eigenvalue weighted by Gasteiger charge is -2.20. The highest BCUT2D eigenvalue weighted by atomic mass is 32.1. The van der Waals surface area contributed by atoms with E-state index in [1.165, 1.54) is 11.3 Å². The molecule has 0 bridgehead atoms. The highest BCUT2D eigenvalue weighted by Crippen LogP contribution is 2.34. The number of aliphatic hydroxyl groups excluding tert-OH is 1. The first-order valence-electron chi connectivity index (χ1n) is 7.01. The van der Waals surface area contributed by atoms with Crippen LogP contribution in [0.5, 0.6) is 0 Å². The molecule has 0 amide bonds. The van der Waals surface area contributed by atoms with Gasteiger partial charge in [-0.3, -0.25) is 10.1 Å². The topological polar surface area (TPSA) is 88.3 Å². The standard InChI is InChI=1S/C14H19N3O3S/c1-3-9(4-2)11(18)7-15-10-5-6-12-13(16-8-21-12)14(10)17(19)20/h5-6,8-9,11,15,18H,3-4,7H2,1-2H3. The second-order valence-corrected chi connectivity index (χ2v) is 5.83. The van der Waals surface area contributed by atoms with E-state index in [0.29, 0.717) is 17.7 Å². The minimum atomic E-state index is -0.522. The summed E-state index contributed by atoms with van der Waals surface area (Å²) < 4.78 is 0.785. The smallest absolute Gasteiger partial charge is 0.319 e. The van der Waals surface area contributed by atoms with Crippen LogP contribution in [0.2, 0.25) is 0 Å². The van der Waals surface area contributed by atoms with Crippen LogP contribution in [-0.4, -0.2) is 27.7 Å². The summed E-state index contributed by atoms with van der Waals surface area (Å²) in [5.41, 5.74) is 2.38. The Morgan fingerprint density at radius 3 is 2.76 bits per heavy atom. The van der Waals surface area contributed by atoms with Gasteiger partial charge in [0.15, 0.2) is 5.52 Å². The molecule has 0 saturated carbocycles. The zero-order valence-electron chi connectivity index (χ0n) is 12.1. The lowest BCUT2D eigenvalue weighted by molar-refractivity contribution is -0.382. The van der Waals surface area contributed by atoms with E-state index < -0.39 is 11.0 Å². The molecular formula is C14H19N3O3S. The molecule has 0 saturated heterocycles. The molecule has 0 spiro atoms. The van der Waals surface area contributed by atoms with Gasteiger partial charge in [-0.2, -0.15) is 0 Å². The predicted octanol–water partition coefficient (Wildman–Crippen LogP) is 3.41. The fraction of sp³-hybridized carbons (Fsp3) is 0.500. The first kappa shape index (κ1) is 15.7. The first-order chi connectivity index (χ1) is 10.1. The van der Waals surface area contributed by atoms with Crippen LogP contribution < -0.4 is 5.32 Å². The van der Waals surface area contributed by atoms with Crippen LogP contribution >= 0.6 is 11.3 Å². The number of nitrogens with one attached hydrogen (secondary N) is 1. The third-order valence-electron chi connectivity index (χ3n) is 3.75. The molecule has 1 aromatic heterocycles. The van der Waals surface area contributed by atoms with E-state index in [-0.39, 0.29) is 11.6 Å². The van der Waals surface area contributed by atoms with Crippen molar-refractivity contribution in [1.29, 1.82) is 0 Å². The Kier molecular flexibility index (Phi) is 5.08. The van der Waals surface area contributed by atoms with Crippen molar-refractivity contribution >= 4 is 32.9 Å². The number of thiazole rings is 1. The summed E-state index contributed by atoms with van der Waals surface area (Å²) in [7, 11) is 0. The molecule has 1 heterocycles. The number of benzene rings is 1. The fourth-order valence-corrected chi connectivity index (χ4v) is 3.14. The third-order valence-corrected chi connectivity index (χ3v) is 4.55. The summed E-state index contributed by atoms with van der Waals surface area (Å²) >= 11 is 1.37. The lowest BCUT2D eigenvalue weighted by Crippen LogP contribution is -2.27. The summed E-state index contributed by atoms with van der Waals surface area (Å²) in [6, 6.07) is 3.49. The second kappa shape index (κ2) is 6.82. The zero-order valence-corrected chi connectivity index (χ0v) is 12.9. The van der Waals surface area contributed by atoms with Crippen LogP contribution in [0.3, 0.4) is 0 Å². The number of nitro groups is 1. The van der Waals surface area contributed by atoms with Crippen molar-refractivity contribution in [2.24, 2.45) is 5.92 Å². The fourth-order valence-electron chi connectivity index (χ4n) is 2.46. The Hall–Kier alpha value is -1.73. The summed E-state index contributed by atoms with van der Waals surface area (Å²) in [6.07, 6.45) is 1.24. The van der Waals surface area contributed by atoms with E-state index in [0.717, 1.165) is 17.5 Å². The summed E-state index contributed by atoms with van der Waals surface area (Å²) in [5.74, 6) is 0.194. The maximum atomic E-state index is 11.3. The molecule has 1 atom stereocenters. The van der Waals surface area contributed by atoms with Crippen LogP contribution in [0.25, 0.3) is 10.2 Å². The van der Waals surface area contributed by atoms with E-state index in [1.807, 2.05) is 19.9 Å². The van der Waals surface area contributed by atoms with Gasteiger partial charge in [0.2, 0.25) is 0 Å². The number of hydrogen-bond acceptors (Lipinski definition) is 6. The van der Waals surface area contributed by atoms with E-state index >= 15 is 0 Å². The van der Waals surface area contributed by atoms with Crippen LogP contribution in [0.15, 0.2) is 17.6 Å². The number of fused-ring (bicyclic) bond motifs is 1. The van der Waals surface area contributed by atoms with Crippen LogP contribution in [0.4, 0.5) is 11.4 Å². The molecule has 1 aromatic carbocycles. The van der Waals surface area contributed by atoms with E-state index in [4.69, 9.17) is 0 Å².